The van der Waals surface area contributed by atoms with Crippen LogP contribution in [0.4, 0.5) is 5.69 Å². The predicted molar refractivity (Wildman–Crippen MR) is 99.5 cm³/mol. The van der Waals surface area contributed by atoms with Gasteiger partial charge in [-0.3, -0.25) is 9.52 Å². The third-order valence-electron chi connectivity index (χ3n) is 3.61. The van der Waals surface area contributed by atoms with Gasteiger partial charge in [0, 0.05) is 11.8 Å². The Kier molecular flexibility index (Phi) is 4.73. The summed E-state index contributed by atoms with van der Waals surface area (Å²) in [7, 11) is -3.67. The highest BCUT2D eigenvalue weighted by Gasteiger charge is 2.18. The van der Waals surface area contributed by atoms with Crippen molar-refractivity contribution in [3.63, 3.8) is 0 Å². The number of aromatic nitrogens is 2. The number of rotatable bonds is 5. The lowest BCUT2D eigenvalue weighted by Gasteiger charge is -2.09. The minimum absolute atomic E-state index is 0.184. The van der Waals surface area contributed by atoms with Gasteiger partial charge in [-0.1, -0.05) is 26.0 Å². The van der Waals surface area contributed by atoms with E-state index in [4.69, 9.17) is 0 Å². The predicted octanol–water partition coefficient (Wildman–Crippen LogP) is 3.42. The Morgan fingerprint density at radius 3 is 2.36 bits per heavy atom. The highest BCUT2D eigenvalue weighted by molar-refractivity contribution is 7.94. The largest absolute Gasteiger partial charge is 0.279 e. The van der Waals surface area contributed by atoms with Crippen LogP contribution in [0, 0.1) is 0 Å². The molecule has 0 saturated heterocycles. The van der Waals surface area contributed by atoms with Crippen LogP contribution in [0.5, 0.6) is 0 Å². The van der Waals surface area contributed by atoms with Crippen LogP contribution in [0.2, 0.25) is 0 Å². The monoisotopic (exact) mass is 375 g/mol. The summed E-state index contributed by atoms with van der Waals surface area (Å²) in [5.41, 5.74) is 1.87. The number of sulfonamides is 1. The summed E-state index contributed by atoms with van der Waals surface area (Å²) < 4.78 is 27.8. The third kappa shape index (κ3) is 3.97. The van der Waals surface area contributed by atoms with Crippen LogP contribution in [-0.2, 0) is 10.0 Å². The summed E-state index contributed by atoms with van der Waals surface area (Å²) in [5.74, 6) is 0.385. The molecule has 1 aromatic carbocycles. The fourth-order valence-corrected chi connectivity index (χ4v) is 4.56. The van der Waals surface area contributed by atoms with E-state index in [1.165, 1.54) is 12.1 Å². The Bertz CT molecular complexity index is 1020. The molecule has 130 valence electrons. The minimum atomic E-state index is -3.67. The molecule has 2 N–H and O–H groups in total. The lowest BCUT2D eigenvalue weighted by molar-refractivity contribution is 0.603. The molecule has 0 amide bonds. The number of H-pyrrole nitrogens is 1. The average Bonchev–Trinajstić information content (AvgIpc) is 3.06. The highest BCUT2D eigenvalue weighted by Crippen LogP contribution is 2.30. The molecule has 0 atom stereocenters. The van der Waals surface area contributed by atoms with Crippen LogP contribution in [-0.4, -0.2) is 18.6 Å². The van der Waals surface area contributed by atoms with Gasteiger partial charge in [0.15, 0.2) is 0 Å². The summed E-state index contributed by atoms with van der Waals surface area (Å²) in [6, 6.07) is 13.4. The third-order valence-corrected chi connectivity index (χ3v) is 6.59. The van der Waals surface area contributed by atoms with Crippen molar-refractivity contribution in [3.8, 4) is 10.6 Å². The Morgan fingerprint density at radius 1 is 1.04 bits per heavy atom. The van der Waals surface area contributed by atoms with E-state index in [2.05, 4.69) is 28.8 Å². The van der Waals surface area contributed by atoms with E-state index in [1.807, 2.05) is 12.1 Å². The molecule has 0 fully saturated rings. The molecule has 2 aromatic heterocycles. The maximum absolute atomic E-state index is 12.5. The van der Waals surface area contributed by atoms with Crippen molar-refractivity contribution in [2.24, 2.45) is 0 Å². The van der Waals surface area contributed by atoms with Crippen LogP contribution < -0.4 is 10.3 Å². The summed E-state index contributed by atoms with van der Waals surface area (Å²) in [4.78, 5) is 11.7. The van der Waals surface area contributed by atoms with E-state index in [1.54, 1.807) is 24.3 Å². The molecule has 0 bridgehead atoms. The fraction of sp³-hybridized carbons (Fsp3) is 0.176. The van der Waals surface area contributed by atoms with Crippen LogP contribution >= 0.6 is 11.3 Å². The Labute approximate surface area is 149 Å². The van der Waals surface area contributed by atoms with Gasteiger partial charge >= 0.3 is 0 Å². The molecule has 3 aromatic rings. The second-order valence-electron chi connectivity index (χ2n) is 5.81. The molecule has 0 saturated carbocycles. The molecule has 6 nitrogen and oxygen atoms in total. The Hall–Kier alpha value is -2.45. The number of aromatic amines is 1. The van der Waals surface area contributed by atoms with Gasteiger partial charge in [0.25, 0.3) is 15.6 Å². The first kappa shape index (κ1) is 17.4. The second-order valence-corrected chi connectivity index (χ2v) is 8.80. The van der Waals surface area contributed by atoms with Crippen LogP contribution in [0.15, 0.2) is 57.5 Å². The van der Waals surface area contributed by atoms with Crippen molar-refractivity contribution in [2.75, 3.05) is 4.72 Å². The van der Waals surface area contributed by atoms with Crippen LogP contribution in [0.1, 0.15) is 25.3 Å². The van der Waals surface area contributed by atoms with Crippen molar-refractivity contribution >= 4 is 27.0 Å². The minimum Gasteiger partial charge on any atom is -0.279 e. The first-order valence-corrected chi connectivity index (χ1v) is 9.94. The van der Waals surface area contributed by atoms with E-state index in [9.17, 15) is 13.2 Å². The molecular formula is C17H17N3O3S2. The topological polar surface area (TPSA) is 91.9 Å². The summed E-state index contributed by atoms with van der Waals surface area (Å²) in [6.07, 6.45) is 0. The molecule has 0 spiro atoms. The molecule has 0 aliphatic heterocycles. The second kappa shape index (κ2) is 6.81. The van der Waals surface area contributed by atoms with Gasteiger partial charge in [-0.05, 0) is 41.8 Å². The van der Waals surface area contributed by atoms with E-state index >= 15 is 0 Å². The molecule has 25 heavy (non-hydrogen) atoms. The maximum Gasteiger partial charge on any atom is 0.271 e. The Morgan fingerprint density at radius 2 is 1.76 bits per heavy atom. The molecule has 0 radical (unpaired) electrons. The van der Waals surface area contributed by atoms with Crippen molar-refractivity contribution in [2.45, 2.75) is 24.0 Å². The van der Waals surface area contributed by atoms with Crippen LogP contribution in [0.25, 0.3) is 10.6 Å². The molecule has 0 unspecified atom stereocenters. The first-order valence-electron chi connectivity index (χ1n) is 7.64. The number of hydrogen-bond acceptors (Lipinski definition) is 5. The van der Waals surface area contributed by atoms with Crippen molar-refractivity contribution in [3.05, 3.63) is 64.4 Å². The zero-order chi connectivity index (χ0) is 18.0. The number of anilines is 1. The van der Waals surface area contributed by atoms with Gasteiger partial charge in [-0.25, -0.2) is 13.5 Å². The average molecular weight is 375 g/mol. The van der Waals surface area contributed by atoms with E-state index < -0.39 is 10.0 Å². The summed E-state index contributed by atoms with van der Waals surface area (Å²) >= 11 is 1.09. The molecule has 0 aliphatic rings. The van der Waals surface area contributed by atoms with Gasteiger partial charge < -0.3 is 0 Å². The molecule has 8 heteroatoms. The molecule has 0 aliphatic carbocycles. The standard InChI is InChI=1S/C17H17N3O3S2/c1-11(2)12-3-5-13(6-4-12)20-25(22,23)17-10-8-15(24-17)14-7-9-16(21)19-18-14/h3-11,20H,1-2H3,(H,19,21). The molecular weight excluding hydrogens is 358 g/mol. The SMILES string of the molecule is CC(C)c1ccc(NS(=O)(=O)c2ccc(-c3ccc(=O)[nH]n3)s2)cc1. The maximum atomic E-state index is 12.5. The number of nitrogens with one attached hydrogen (secondary N) is 2. The molecule has 2 heterocycles. The fourth-order valence-electron chi connectivity index (χ4n) is 2.23. The zero-order valence-electron chi connectivity index (χ0n) is 13.7. The number of thiophene rings is 1. The normalized spacial score (nSPS) is 11.6. The van der Waals surface area contributed by atoms with Crippen molar-refractivity contribution < 1.29 is 8.42 Å². The first-order chi connectivity index (χ1) is 11.8. The smallest absolute Gasteiger partial charge is 0.271 e. The highest BCUT2D eigenvalue weighted by atomic mass is 32.2. The van der Waals surface area contributed by atoms with E-state index in [0.29, 0.717) is 22.2 Å². The van der Waals surface area contributed by atoms with Gasteiger partial charge in [-0.2, -0.15) is 5.10 Å². The summed E-state index contributed by atoms with van der Waals surface area (Å²) in [6.45, 7) is 4.16. The Balaban J connectivity index is 1.83. The lowest BCUT2D eigenvalue weighted by Crippen LogP contribution is -2.11. The number of benzene rings is 1. The van der Waals surface area contributed by atoms with Gasteiger partial charge in [-0.15, -0.1) is 11.3 Å². The summed E-state index contributed by atoms with van der Waals surface area (Å²) in [5, 5.41) is 6.25. The lowest BCUT2D eigenvalue weighted by atomic mass is 10.0. The number of hydrogen-bond donors (Lipinski definition) is 2. The van der Waals surface area contributed by atoms with Crippen molar-refractivity contribution in [1.82, 2.24) is 10.2 Å². The van der Waals surface area contributed by atoms with Crippen molar-refractivity contribution in [1.29, 1.82) is 0 Å². The number of nitrogens with zero attached hydrogens (tertiary/aromatic N) is 1. The van der Waals surface area contributed by atoms with Gasteiger partial charge in [0.1, 0.15) is 9.90 Å². The quantitative estimate of drug-likeness (QED) is 0.715. The van der Waals surface area contributed by atoms with E-state index in [0.717, 1.165) is 16.9 Å². The molecule has 3 rings (SSSR count). The van der Waals surface area contributed by atoms with Gasteiger partial charge in [0.05, 0.1) is 4.88 Å². The van der Waals surface area contributed by atoms with Gasteiger partial charge in [0.2, 0.25) is 0 Å². The van der Waals surface area contributed by atoms with Crippen LogP contribution in [0.3, 0.4) is 0 Å². The van der Waals surface area contributed by atoms with E-state index in [-0.39, 0.29) is 9.77 Å². The zero-order valence-corrected chi connectivity index (χ0v) is 15.3.